The zero-order valence-corrected chi connectivity index (χ0v) is 31.2. The van der Waals surface area contributed by atoms with Crippen molar-refractivity contribution in [3.05, 3.63) is 224 Å². The molecule has 0 unspecified atom stereocenters. The normalized spacial score (nSPS) is 11.5. The summed E-state index contributed by atoms with van der Waals surface area (Å²) < 4.78 is 4.76. The van der Waals surface area contributed by atoms with Gasteiger partial charge in [-0.1, -0.05) is 140 Å². The van der Waals surface area contributed by atoms with Gasteiger partial charge in [-0.15, -0.1) is 0 Å². The molecule has 9 aromatic carbocycles. The first-order valence-electron chi connectivity index (χ1n) is 19.5. The zero-order chi connectivity index (χ0) is 37.7. The van der Waals surface area contributed by atoms with E-state index in [0.29, 0.717) is 0 Å². The molecule has 3 heteroatoms. The maximum absolute atomic E-state index is 2.38. The Kier molecular flexibility index (Phi) is 7.82. The molecule has 0 saturated heterocycles. The molecular formula is C54H37N3. The molecular weight excluding hydrogens is 691 g/mol. The highest BCUT2D eigenvalue weighted by Crippen LogP contribution is 2.41. The van der Waals surface area contributed by atoms with E-state index in [9.17, 15) is 0 Å². The van der Waals surface area contributed by atoms with Crippen molar-refractivity contribution in [2.75, 3.05) is 4.90 Å². The SMILES string of the molecule is c1ccc(N(c2ccc(-c3ccc4c5ccccc5n(-c5ccccc5)c4c3)cc2)c2ccc(-c3cccc4c3c3ccccc3n4-c3ccccc3)cc2)cc1. The summed E-state index contributed by atoms with van der Waals surface area (Å²) >= 11 is 0. The Morgan fingerprint density at radius 3 is 1.39 bits per heavy atom. The summed E-state index contributed by atoms with van der Waals surface area (Å²) in [5.41, 5.74) is 15.3. The first kappa shape index (κ1) is 32.8. The van der Waals surface area contributed by atoms with E-state index in [0.717, 1.165) is 28.4 Å². The van der Waals surface area contributed by atoms with Crippen molar-refractivity contribution in [2.45, 2.75) is 0 Å². The van der Waals surface area contributed by atoms with Crippen LogP contribution in [0.25, 0.3) is 77.2 Å². The highest BCUT2D eigenvalue weighted by molar-refractivity contribution is 6.16. The Morgan fingerprint density at radius 2 is 0.737 bits per heavy atom. The molecule has 2 heterocycles. The van der Waals surface area contributed by atoms with E-state index in [4.69, 9.17) is 0 Å². The van der Waals surface area contributed by atoms with Crippen molar-refractivity contribution in [1.29, 1.82) is 0 Å². The van der Waals surface area contributed by atoms with Gasteiger partial charge in [-0.3, -0.25) is 0 Å². The first-order chi connectivity index (χ1) is 28.3. The van der Waals surface area contributed by atoms with E-state index in [1.807, 2.05) is 0 Å². The van der Waals surface area contributed by atoms with Crippen molar-refractivity contribution in [3.63, 3.8) is 0 Å². The number of hydrogen-bond acceptors (Lipinski definition) is 1. The number of hydrogen-bond donors (Lipinski definition) is 0. The molecule has 0 bridgehead atoms. The van der Waals surface area contributed by atoms with Gasteiger partial charge < -0.3 is 14.0 Å². The smallest absolute Gasteiger partial charge is 0.0547 e. The lowest BCUT2D eigenvalue weighted by Gasteiger charge is -2.26. The van der Waals surface area contributed by atoms with Crippen LogP contribution in [-0.4, -0.2) is 9.13 Å². The second-order valence-electron chi connectivity index (χ2n) is 14.6. The summed E-state index contributed by atoms with van der Waals surface area (Å²) in [4.78, 5) is 2.34. The number of anilines is 3. The number of fused-ring (bicyclic) bond motifs is 6. The molecule has 0 atom stereocenters. The van der Waals surface area contributed by atoms with Gasteiger partial charge in [0.05, 0.1) is 22.1 Å². The minimum Gasteiger partial charge on any atom is -0.311 e. The van der Waals surface area contributed by atoms with E-state index in [1.54, 1.807) is 0 Å². The molecule has 0 aliphatic heterocycles. The highest BCUT2D eigenvalue weighted by atomic mass is 15.1. The molecule has 0 saturated carbocycles. The fourth-order valence-electron chi connectivity index (χ4n) is 8.74. The highest BCUT2D eigenvalue weighted by Gasteiger charge is 2.18. The Hall–Kier alpha value is -7.62. The summed E-state index contributed by atoms with van der Waals surface area (Å²) in [6.45, 7) is 0. The minimum absolute atomic E-state index is 1.10. The lowest BCUT2D eigenvalue weighted by Crippen LogP contribution is -2.09. The lowest BCUT2D eigenvalue weighted by atomic mass is 9.99. The van der Waals surface area contributed by atoms with Gasteiger partial charge in [-0.2, -0.15) is 0 Å². The summed E-state index contributed by atoms with van der Waals surface area (Å²) in [6, 6.07) is 80.9. The van der Waals surface area contributed by atoms with Crippen LogP contribution in [0.2, 0.25) is 0 Å². The van der Waals surface area contributed by atoms with Crippen LogP contribution in [0.3, 0.4) is 0 Å². The first-order valence-corrected chi connectivity index (χ1v) is 19.5. The third-order valence-corrected chi connectivity index (χ3v) is 11.3. The van der Waals surface area contributed by atoms with E-state index in [1.165, 1.54) is 65.9 Å². The standard InChI is InChI=1S/C54H37N3/c1-4-15-41(16-5-1)55(44-32-27-38(28-33-44)40-31-36-48-47-21-10-12-24-50(47)57(53(48)37-40)43-19-8-3-9-20-43)45-34-29-39(30-35-45)46-23-14-26-52-54(46)49-22-11-13-25-51(49)56(52)42-17-6-2-7-18-42/h1-37H. The molecule has 0 aliphatic carbocycles. The van der Waals surface area contributed by atoms with Crippen molar-refractivity contribution >= 4 is 60.7 Å². The molecule has 0 radical (unpaired) electrons. The summed E-state index contributed by atoms with van der Waals surface area (Å²) in [5.74, 6) is 0. The second-order valence-corrected chi connectivity index (χ2v) is 14.6. The van der Waals surface area contributed by atoms with Gasteiger partial charge in [-0.25, -0.2) is 0 Å². The van der Waals surface area contributed by atoms with Crippen molar-refractivity contribution in [2.24, 2.45) is 0 Å². The number of benzene rings is 9. The third-order valence-electron chi connectivity index (χ3n) is 11.3. The van der Waals surface area contributed by atoms with E-state index in [-0.39, 0.29) is 0 Å². The van der Waals surface area contributed by atoms with Gasteiger partial charge in [0.1, 0.15) is 0 Å². The third kappa shape index (κ3) is 5.51. The van der Waals surface area contributed by atoms with Crippen LogP contribution >= 0.6 is 0 Å². The van der Waals surface area contributed by atoms with Crippen LogP contribution < -0.4 is 4.90 Å². The monoisotopic (exact) mass is 727 g/mol. The largest absolute Gasteiger partial charge is 0.311 e. The molecule has 0 amide bonds. The van der Waals surface area contributed by atoms with Crippen molar-refractivity contribution in [3.8, 4) is 33.6 Å². The van der Waals surface area contributed by atoms with Gasteiger partial charge in [0.25, 0.3) is 0 Å². The number of nitrogens with zero attached hydrogens (tertiary/aromatic N) is 3. The molecule has 0 aliphatic rings. The molecule has 3 nitrogen and oxygen atoms in total. The predicted octanol–water partition coefficient (Wildman–Crippen LogP) is 14.7. The predicted molar refractivity (Wildman–Crippen MR) is 241 cm³/mol. The summed E-state index contributed by atoms with van der Waals surface area (Å²) in [7, 11) is 0. The zero-order valence-electron chi connectivity index (χ0n) is 31.2. The van der Waals surface area contributed by atoms with Crippen molar-refractivity contribution < 1.29 is 0 Å². The molecule has 0 N–H and O–H groups in total. The van der Waals surface area contributed by atoms with Gasteiger partial charge in [-0.05, 0) is 107 Å². The lowest BCUT2D eigenvalue weighted by molar-refractivity contribution is 1.18. The molecule has 268 valence electrons. The van der Waals surface area contributed by atoms with Crippen LogP contribution in [0.4, 0.5) is 17.1 Å². The van der Waals surface area contributed by atoms with Gasteiger partial charge in [0.15, 0.2) is 0 Å². The molecule has 2 aromatic heterocycles. The average molecular weight is 728 g/mol. The van der Waals surface area contributed by atoms with E-state index >= 15 is 0 Å². The van der Waals surface area contributed by atoms with Gasteiger partial charge in [0.2, 0.25) is 0 Å². The number of aromatic nitrogens is 2. The Labute approximate surface area is 331 Å². The maximum Gasteiger partial charge on any atom is 0.0547 e. The van der Waals surface area contributed by atoms with Crippen LogP contribution in [0.1, 0.15) is 0 Å². The van der Waals surface area contributed by atoms with Crippen LogP contribution in [0.5, 0.6) is 0 Å². The number of rotatable bonds is 7. The Morgan fingerprint density at radius 1 is 0.281 bits per heavy atom. The quantitative estimate of drug-likeness (QED) is 0.159. The van der Waals surface area contributed by atoms with E-state index < -0.39 is 0 Å². The van der Waals surface area contributed by atoms with Crippen molar-refractivity contribution in [1.82, 2.24) is 9.13 Å². The van der Waals surface area contributed by atoms with Crippen LogP contribution in [0, 0.1) is 0 Å². The Balaban J connectivity index is 0.980. The van der Waals surface area contributed by atoms with Crippen LogP contribution in [-0.2, 0) is 0 Å². The van der Waals surface area contributed by atoms with E-state index in [2.05, 4.69) is 238 Å². The molecule has 0 fully saturated rings. The fraction of sp³-hybridized carbons (Fsp3) is 0. The molecule has 57 heavy (non-hydrogen) atoms. The maximum atomic E-state index is 2.38. The molecule has 11 rings (SSSR count). The summed E-state index contributed by atoms with van der Waals surface area (Å²) in [6.07, 6.45) is 0. The Bertz CT molecular complexity index is 3200. The topological polar surface area (TPSA) is 13.1 Å². The van der Waals surface area contributed by atoms with Gasteiger partial charge in [0, 0.05) is 50.0 Å². The summed E-state index contributed by atoms with van der Waals surface area (Å²) in [5, 5.41) is 5.04. The molecule has 0 spiro atoms. The molecule has 11 aromatic rings. The number of para-hydroxylation sites is 5. The second kappa shape index (κ2) is 13.6. The van der Waals surface area contributed by atoms with Crippen LogP contribution in [0.15, 0.2) is 224 Å². The fourth-order valence-corrected chi connectivity index (χ4v) is 8.74. The average Bonchev–Trinajstić information content (AvgIpc) is 3.81. The minimum atomic E-state index is 1.10. The van der Waals surface area contributed by atoms with Gasteiger partial charge >= 0.3 is 0 Å².